The van der Waals surface area contributed by atoms with Crippen LogP contribution in [0.25, 0.3) is 27.9 Å². The summed E-state index contributed by atoms with van der Waals surface area (Å²) in [7, 11) is 6.24. The summed E-state index contributed by atoms with van der Waals surface area (Å²) in [5.41, 5.74) is 52.8. The fraction of sp³-hybridized carbons (Fsp3) is 0.478. The van der Waals surface area contributed by atoms with E-state index in [-0.39, 0.29) is 30.1 Å². The van der Waals surface area contributed by atoms with E-state index in [1.165, 1.54) is 47.3 Å². The van der Waals surface area contributed by atoms with E-state index in [9.17, 15) is 25.5 Å². The number of hydrogen-bond acceptors (Lipinski definition) is 31. The minimum Gasteiger partial charge on any atom is -0.463 e. The molecule has 0 saturated carbocycles. The number of likely N-dealkylation sites (N-methyl/N-ethyl adjacent to an activating group) is 1. The highest BCUT2D eigenvalue weighted by Gasteiger charge is 2.34. The smallest absolute Gasteiger partial charge is 0.318 e. The van der Waals surface area contributed by atoms with Crippen LogP contribution in [0.2, 0.25) is 0 Å². The monoisotopic (exact) mass is 1990 g/mol. The number of piperazine rings is 1. The van der Waals surface area contributed by atoms with Crippen LogP contribution < -0.4 is 52.4 Å². The maximum absolute atomic E-state index is 11.1. The Bertz CT molecular complexity index is 6000. The van der Waals surface area contributed by atoms with E-state index in [1.807, 2.05) is 117 Å². The number of aromatic nitrogens is 10. The van der Waals surface area contributed by atoms with E-state index in [1.54, 1.807) is 0 Å². The van der Waals surface area contributed by atoms with Crippen molar-refractivity contribution in [1.82, 2.24) is 79.2 Å². The molecule has 146 heavy (non-hydrogen) atoms. The lowest BCUT2D eigenvalue weighted by molar-refractivity contribution is 0.148. The van der Waals surface area contributed by atoms with Gasteiger partial charge in [0, 0.05) is 115 Å². The number of benzene rings is 5. The molecule has 0 bridgehead atoms. The predicted octanol–water partition coefficient (Wildman–Crippen LogP) is 17.0. The zero-order valence-corrected chi connectivity index (χ0v) is 88.0. The van der Waals surface area contributed by atoms with Crippen LogP contribution in [0.4, 0.5) is 29.1 Å². The van der Waals surface area contributed by atoms with Crippen molar-refractivity contribution >= 4 is 57.0 Å². The zero-order chi connectivity index (χ0) is 104. The number of likely N-dealkylation sites (tertiary alicyclic amines) is 1. The predicted molar refractivity (Wildman–Crippen MR) is 582 cm³/mol. The number of allylic oxidation sites excluding steroid dienone is 5. The Morgan fingerprint density at radius 3 is 0.747 bits per heavy atom. The number of nitrogen functional groups attached to an aromatic ring is 5. The summed E-state index contributed by atoms with van der Waals surface area (Å²) in [6.07, 6.45) is 22.8. The molecule has 2 fully saturated rings. The number of nitrogens with two attached hydrogens (primary N) is 5. The van der Waals surface area contributed by atoms with Gasteiger partial charge in [-0.2, -0.15) is 49.8 Å². The molecule has 7 heterocycles. The van der Waals surface area contributed by atoms with Gasteiger partial charge in [-0.05, 0) is 200 Å². The third-order valence-corrected chi connectivity index (χ3v) is 27.3. The lowest BCUT2D eigenvalue weighted by atomic mass is 9.99. The number of anilines is 5. The lowest BCUT2D eigenvalue weighted by Gasteiger charge is -2.32. The molecule has 5 atom stereocenters. The number of fused-ring (bicyclic) bond motifs is 5. The third kappa shape index (κ3) is 30.1. The molecule has 5 aliphatic carbocycles. The van der Waals surface area contributed by atoms with Gasteiger partial charge < -0.3 is 87.7 Å². The number of hydrogen-bond donors (Lipinski definition) is 10. The van der Waals surface area contributed by atoms with Gasteiger partial charge in [-0.15, -0.1) is 0 Å². The summed E-state index contributed by atoms with van der Waals surface area (Å²) in [6, 6.07) is 42.3. The number of ether oxygens (including phenoxy) is 5. The molecule has 31 heteroatoms. The highest BCUT2D eigenvalue weighted by molar-refractivity contribution is 5.81. The average Bonchev–Trinajstić information content (AvgIpc) is 1.65. The van der Waals surface area contributed by atoms with Crippen molar-refractivity contribution in [1.29, 1.82) is 0 Å². The number of nitrogens with zero attached hydrogens (tertiary/aromatic N) is 16. The summed E-state index contributed by atoms with van der Waals surface area (Å²) in [6.45, 7) is 37.7. The highest BCUT2D eigenvalue weighted by Crippen LogP contribution is 2.45. The molecule has 782 valence electrons. The van der Waals surface area contributed by atoms with Gasteiger partial charge in [-0.3, -0.25) is 19.6 Å². The highest BCUT2D eigenvalue weighted by atomic mass is 16.5. The van der Waals surface area contributed by atoms with Gasteiger partial charge in [0.25, 0.3) is 0 Å². The molecule has 5 aromatic carbocycles. The van der Waals surface area contributed by atoms with E-state index in [0.29, 0.717) is 123 Å². The summed E-state index contributed by atoms with van der Waals surface area (Å²) in [5.74, 6) is 2.13. The van der Waals surface area contributed by atoms with Crippen molar-refractivity contribution in [2.75, 3.05) is 148 Å². The van der Waals surface area contributed by atoms with Crippen molar-refractivity contribution in [2.24, 2.45) is 0 Å². The van der Waals surface area contributed by atoms with E-state index >= 15 is 0 Å². The Balaban J connectivity index is 0.000000153. The van der Waals surface area contributed by atoms with E-state index in [2.05, 4.69) is 197 Å². The van der Waals surface area contributed by atoms with Gasteiger partial charge in [0.15, 0.2) is 0 Å². The van der Waals surface area contributed by atoms with Crippen molar-refractivity contribution in [3.05, 3.63) is 264 Å². The standard InChI is InChI=1S/C25H36N4O2.C24H33N5O2.C23H32N4O2.C22H28N4O2.C21H28N4O2/c1-4-7-16-31-25-27-22-20(12-13-21(22)24(26)28-25)23(30)19-10-8-18(9-11-19)17-29(14-5-2)15-6-3;1-3-4-15-31-24-26-21-19(9-10-20(21)23(25)27-24)22(30)18-7-5-17(6-8-18)16-29-13-11-28(2)12-14-29;1-4-7-14-29-23-25-20-18(12-13-19(20)22(24)26-23)21(28)17-10-8-16(9-11-17)15-27(5-2)6-3;1-2-3-13-28-22-24-19-17(9-10-18(19)21(23)25-22)20(27)16-7-5-15(6-8-16)14-26-11-4-12-26;1-4-5-12-27-21-23-18-16(10-11-17(18)20(22)24-21)19(26)15-8-6-14(7-9-15)13-25(2)3/h8-12,23,30H,4-7,13-17H2,1-3H3,(H2,26,27,28);5-9,22,30H,3-4,10-16H2,1-2H3,(H2,25,26,27);8-12,21,28H,4-7,13-15H2,1-3H3,(H2,24,25,26);5-9,20,27H,2-4,10-14H2,1H3,(H2,23,24,25);6-10,19,26H,4-5,11-13H2,1-3H3,(H2,22,23,24). The van der Waals surface area contributed by atoms with Crippen molar-refractivity contribution in [3.63, 3.8) is 0 Å². The fourth-order valence-corrected chi connectivity index (χ4v) is 18.4. The summed E-state index contributed by atoms with van der Waals surface area (Å²) in [5, 5.41) is 55.1. The molecule has 31 nitrogen and oxygen atoms in total. The van der Waals surface area contributed by atoms with Gasteiger partial charge in [0.05, 0.1) is 61.5 Å². The van der Waals surface area contributed by atoms with Crippen LogP contribution in [-0.2, 0) is 64.8 Å². The maximum atomic E-state index is 11.1. The first-order valence-electron chi connectivity index (χ1n) is 52.9. The molecular weight excluding hydrogens is 1840 g/mol. The summed E-state index contributed by atoms with van der Waals surface area (Å²) < 4.78 is 28.2. The molecule has 5 unspecified atom stereocenters. The van der Waals surface area contributed by atoms with Gasteiger partial charge in [0.1, 0.15) is 59.6 Å². The van der Waals surface area contributed by atoms with E-state index < -0.39 is 30.5 Å². The third-order valence-electron chi connectivity index (χ3n) is 27.3. The molecular formula is C115H157N21O10. The van der Waals surface area contributed by atoms with E-state index in [4.69, 9.17) is 52.4 Å². The van der Waals surface area contributed by atoms with Crippen LogP contribution in [0, 0.1) is 0 Å². The number of rotatable bonds is 46. The van der Waals surface area contributed by atoms with Crippen molar-refractivity contribution < 1.29 is 49.2 Å². The molecule has 0 amide bonds. The van der Waals surface area contributed by atoms with Crippen LogP contribution in [0.1, 0.15) is 288 Å². The van der Waals surface area contributed by atoms with Crippen LogP contribution in [0.5, 0.6) is 30.1 Å². The molecule has 5 aromatic heterocycles. The average molecular weight is 1990 g/mol. The topological polar surface area (TPSA) is 426 Å². The Labute approximate surface area is 863 Å². The Morgan fingerprint density at radius 1 is 0.295 bits per heavy atom. The quantitative estimate of drug-likeness (QED) is 0.0158. The minimum absolute atomic E-state index is 0.279. The zero-order valence-electron chi connectivity index (χ0n) is 88.0. The Hall–Kier alpha value is -12.2. The van der Waals surface area contributed by atoms with Gasteiger partial charge in [-0.25, -0.2) is 0 Å². The normalized spacial score (nSPS) is 15.4. The van der Waals surface area contributed by atoms with Gasteiger partial charge in [0.2, 0.25) is 0 Å². The fourth-order valence-electron chi connectivity index (χ4n) is 18.4. The summed E-state index contributed by atoms with van der Waals surface area (Å²) >= 11 is 0. The number of aliphatic hydroxyl groups is 5. The van der Waals surface area contributed by atoms with Crippen LogP contribution in [0.15, 0.2) is 152 Å². The Kier molecular flexibility index (Phi) is 42.2. The first kappa shape index (κ1) is 111. The van der Waals surface area contributed by atoms with Crippen molar-refractivity contribution in [2.45, 2.75) is 241 Å². The second-order valence-corrected chi connectivity index (χ2v) is 38.8. The number of unbranched alkanes of at least 4 members (excludes halogenated alkanes) is 5. The van der Waals surface area contributed by atoms with Crippen LogP contribution in [0.3, 0.4) is 0 Å². The van der Waals surface area contributed by atoms with E-state index in [0.717, 1.165) is 246 Å². The maximum Gasteiger partial charge on any atom is 0.318 e. The Morgan fingerprint density at radius 2 is 0.527 bits per heavy atom. The molecule has 17 rings (SSSR count). The van der Waals surface area contributed by atoms with Gasteiger partial charge in [-0.1, -0.05) is 246 Å². The second-order valence-electron chi connectivity index (χ2n) is 38.8. The molecule has 2 aliphatic heterocycles. The molecule has 7 aliphatic rings. The molecule has 0 spiro atoms. The largest absolute Gasteiger partial charge is 0.463 e. The molecule has 15 N–H and O–H groups in total. The second kappa shape index (κ2) is 55.5. The summed E-state index contributed by atoms with van der Waals surface area (Å²) in [4.78, 5) is 58.3. The van der Waals surface area contributed by atoms with Gasteiger partial charge >= 0.3 is 30.1 Å². The lowest BCUT2D eigenvalue weighted by Crippen LogP contribution is -2.43. The van der Waals surface area contributed by atoms with Crippen molar-refractivity contribution in [3.8, 4) is 30.1 Å². The SMILES string of the molecule is CCCCOc1nc(N)c2c(n1)C(C(O)c1ccc(CN(C)C)cc1)=CC2.CCCCOc1nc(N)c2c(n1)C(C(O)c1ccc(CN(CC)CC)cc1)=CC2.CCCCOc1nc(N)c2c(n1)C(C(O)c1ccc(CN(CCC)CCC)cc1)=CC2.CCCCOc1nc(N)c2c(n1)C(C(O)c1ccc(CN3CCC3)cc1)=CC2.CCCCOc1nc(N)c2c(n1)C(C(O)c1ccc(CN3CCN(C)CC3)cc1)=CC2. The molecule has 2 saturated heterocycles. The first-order chi connectivity index (χ1) is 70.8. The molecule has 0 radical (unpaired) electrons. The first-order valence-corrected chi connectivity index (χ1v) is 52.9. The number of aliphatic hydroxyl groups excluding tert-OH is 5. The van der Waals surface area contributed by atoms with Crippen LogP contribution in [-0.4, -0.2) is 224 Å². The molecule has 10 aromatic rings. The van der Waals surface area contributed by atoms with Crippen LogP contribution >= 0.6 is 0 Å². The minimum atomic E-state index is -0.754.